The van der Waals surface area contributed by atoms with Gasteiger partial charge in [0.25, 0.3) is 5.91 Å². The number of aromatic nitrogens is 1. The van der Waals surface area contributed by atoms with Crippen LogP contribution >= 0.6 is 0 Å². The minimum Gasteiger partial charge on any atom is -0.337 e. The first-order valence-corrected chi connectivity index (χ1v) is 8.36. The molecule has 1 amide bonds. The summed E-state index contributed by atoms with van der Waals surface area (Å²) in [7, 11) is 0. The molecule has 1 saturated carbocycles. The van der Waals surface area contributed by atoms with E-state index in [-0.39, 0.29) is 5.82 Å². The lowest BCUT2D eigenvalue weighted by molar-refractivity contribution is 0.0270. The minimum atomic E-state index is -1.69. The van der Waals surface area contributed by atoms with E-state index >= 15 is 0 Å². The van der Waals surface area contributed by atoms with Crippen LogP contribution in [-0.2, 0) is 4.84 Å². The Morgan fingerprint density at radius 2 is 2.07 bits per heavy atom. The van der Waals surface area contributed by atoms with Crippen molar-refractivity contribution in [2.24, 2.45) is 5.92 Å². The molecule has 3 rings (SSSR count). The molecule has 8 heteroatoms. The van der Waals surface area contributed by atoms with Gasteiger partial charge >= 0.3 is 0 Å². The maximum Gasteiger partial charge on any atom is 0.277 e. The van der Waals surface area contributed by atoms with Crippen LogP contribution in [0.25, 0.3) is 6.08 Å². The fourth-order valence-electron chi connectivity index (χ4n) is 2.42. The van der Waals surface area contributed by atoms with Gasteiger partial charge in [-0.3, -0.25) is 9.63 Å². The van der Waals surface area contributed by atoms with Crippen molar-refractivity contribution in [3.05, 3.63) is 59.1 Å². The van der Waals surface area contributed by atoms with E-state index in [9.17, 15) is 18.0 Å². The molecule has 0 aliphatic heterocycles. The molecule has 1 fully saturated rings. The Hall–Kier alpha value is -2.87. The van der Waals surface area contributed by atoms with Crippen molar-refractivity contribution in [2.45, 2.75) is 19.8 Å². The maximum atomic E-state index is 14.4. The molecule has 0 spiro atoms. The summed E-state index contributed by atoms with van der Waals surface area (Å²) in [5.41, 5.74) is 2.51. The Balaban J connectivity index is 1.91. The van der Waals surface area contributed by atoms with Crippen molar-refractivity contribution in [1.29, 1.82) is 0 Å². The van der Waals surface area contributed by atoms with E-state index in [4.69, 9.17) is 4.84 Å². The molecule has 1 aromatic heterocycles. The molecule has 5 nitrogen and oxygen atoms in total. The monoisotopic (exact) mass is 377 g/mol. The van der Waals surface area contributed by atoms with Crippen molar-refractivity contribution in [3.8, 4) is 0 Å². The number of rotatable bonds is 7. The summed E-state index contributed by atoms with van der Waals surface area (Å²) in [6, 6.07) is 2.34. The van der Waals surface area contributed by atoms with Crippen LogP contribution in [0.15, 0.2) is 24.9 Å². The van der Waals surface area contributed by atoms with Gasteiger partial charge in [-0.15, -0.1) is 0 Å². The number of aryl methyl sites for hydroxylation is 1. The maximum absolute atomic E-state index is 14.4. The van der Waals surface area contributed by atoms with Crippen LogP contribution in [0.1, 0.15) is 34.3 Å². The van der Waals surface area contributed by atoms with Crippen LogP contribution in [-0.4, -0.2) is 17.5 Å². The van der Waals surface area contributed by atoms with Gasteiger partial charge in [-0.1, -0.05) is 12.7 Å². The third-order valence-corrected chi connectivity index (χ3v) is 4.17. The molecule has 0 radical (unpaired) electrons. The lowest BCUT2D eigenvalue weighted by Gasteiger charge is -2.15. The molecule has 142 valence electrons. The van der Waals surface area contributed by atoms with Crippen LogP contribution < -0.4 is 10.8 Å². The number of carbonyl (C=O) groups is 1. The van der Waals surface area contributed by atoms with Gasteiger partial charge in [0.05, 0.1) is 17.9 Å². The predicted octanol–water partition coefficient (Wildman–Crippen LogP) is 4.27. The van der Waals surface area contributed by atoms with E-state index < -0.39 is 34.6 Å². The Morgan fingerprint density at radius 3 is 2.70 bits per heavy atom. The zero-order valence-corrected chi connectivity index (χ0v) is 14.6. The number of nitrogens with zero attached hydrogens (tertiary/aromatic N) is 1. The molecule has 0 bridgehead atoms. The normalized spacial score (nSPS) is 13.3. The number of nitrogens with one attached hydrogen (secondary N) is 2. The van der Waals surface area contributed by atoms with Gasteiger partial charge in [-0.05, 0) is 48.9 Å². The molecular weight excluding hydrogens is 359 g/mol. The van der Waals surface area contributed by atoms with Gasteiger partial charge in [-0.2, -0.15) is 0 Å². The van der Waals surface area contributed by atoms with Crippen LogP contribution in [0.2, 0.25) is 0 Å². The zero-order valence-electron chi connectivity index (χ0n) is 14.6. The Morgan fingerprint density at radius 1 is 1.33 bits per heavy atom. The lowest BCUT2D eigenvalue weighted by Crippen LogP contribution is -2.26. The first-order valence-electron chi connectivity index (χ1n) is 8.36. The largest absolute Gasteiger partial charge is 0.337 e. The second kappa shape index (κ2) is 7.79. The van der Waals surface area contributed by atoms with Crippen molar-refractivity contribution in [2.75, 3.05) is 11.9 Å². The molecule has 1 aliphatic rings. The van der Waals surface area contributed by atoms with Crippen LogP contribution in [0, 0.1) is 30.3 Å². The fourth-order valence-corrected chi connectivity index (χ4v) is 2.42. The Labute approximate surface area is 154 Å². The van der Waals surface area contributed by atoms with Crippen LogP contribution in [0.5, 0.6) is 0 Å². The van der Waals surface area contributed by atoms with Crippen molar-refractivity contribution >= 4 is 23.5 Å². The van der Waals surface area contributed by atoms with Gasteiger partial charge in [0.15, 0.2) is 17.5 Å². The number of carbonyl (C=O) groups excluding carboxylic acids is 1. The summed E-state index contributed by atoms with van der Waals surface area (Å²) in [5, 5.41) is 2.58. The molecule has 0 atom stereocenters. The molecule has 0 saturated heterocycles. The molecule has 1 aromatic carbocycles. The standard InChI is InChI=1S/C19H18F3N3O2/c1-3-11-6-10(2)18(23-8-11)24-17-13(7-14(20)15(21)16(17)22)19(26)25-27-9-12-4-5-12/h3,6-8,12H,1,4-5,9H2,2H3,(H,23,24)(H,25,26). The van der Waals surface area contributed by atoms with Gasteiger partial charge < -0.3 is 5.32 Å². The summed E-state index contributed by atoms with van der Waals surface area (Å²) in [4.78, 5) is 21.4. The van der Waals surface area contributed by atoms with Gasteiger partial charge in [-0.25, -0.2) is 23.6 Å². The summed E-state index contributed by atoms with van der Waals surface area (Å²) in [5.74, 6) is -5.00. The first-order chi connectivity index (χ1) is 12.9. The number of anilines is 2. The minimum absolute atomic E-state index is 0.193. The number of hydrogen-bond acceptors (Lipinski definition) is 4. The summed E-state index contributed by atoms with van der Waals surface area (Å²) < 4.78 is 41.8. The lowest BCUT2D eigenvalue weighted by atomic mass is 10.1. The van der Waals surface area contributed by atoms with E-state index in [1.54, 1.807) is 19.1 Å². The van der Waals surface area contributed by atoms with Crippen LogP contribution in [0.3, 0.4) is 0 Å². The zero-order chi connectivity index (χ0) is 19.6. The molecule has 2 aromatic rings. The van der Waals surface area contributed by atoms with Gasteiger partial charge in [0.2, 0.25) is 0 Å². The topological polar surface area (TPSA) is 63.2 Å². The average molecular weight is 377 g/mol. The van der Waals surface area contributed by atoms with Gasteiger partial charge in [0.1, 0.15) is 5.82 Å². The predicted molar refractivity (Wildman–Crippen MR) is 94.8 cm³/mol. The highest BCUT2D eigenvalue weighted by Gasteiger charge is 2.25. The third-order valence-electron chi connectivity index (χ3n) is 4.17. The molecular formula is C19H18F3N3O2. The van der Waals surface area contributed by atoms with E-state index in [1.165, 1.54) is 6.20 Å². The smallest absolute Gasteiger partial charge is 0.277 e. The highest BCUT2D eigenvalue weighted by atomic mass is 19.2. The molecule has 1 aliphatic carbocycles. The van der Waals surface area contributed by atoms with Crippen molar-refractivity contribution < 1.29 is 22.8 Å². The van der Waals surface area contributed by atoms with Crippen molar-refractivity contribution in [3.63, 3.8) is 0 Å². The Kier molecular flexibility index (Phi) is 5.46. The average Bonchev–Trinajstić information content (AvgIpc) is 3.47. The first kappa shape index (κ1) is 18.9. The molecule has 2 N–H and O–H groups in total. The molecule has 1 heterocycles. The second-order valence-electron chi connectivity index (χ2n) is 6.36. The summed E-state index contributed by atoms with van der Waals surface area (Å²) in [6.07, 6.45) is 5.07. The van der Waals surface area contributed by atoms with E-state index in [1.807, 2.05) is 0 Å². The third kappa shape index (κ3) is 4.28. The highest BCUT2D eigenvalue weighted by Crippen LogP contribution is 2.30. The number of amides is 1. The van der Waals surface area contributed by atoms with Crippen molar-refractivity contribution in [1.82, 2.24) is 10.5 Å². The van der Waals surface area contributed by atoms with E-state index in [0.717, 1.165) is 18.4 Å². The number of benzene rings is 1. The Bertz CT molecular complexity index is 898. The van der Waals surface area contributed by atoms with E-state index in [2.05, 4.69) is 22.4 Å². The molecule has 27 heavy (non-hydrogen) atoms. The quantitative estimate of drug-likeness (QED) is 0.559. The molecule has 0 unspecified atom stereocenters. The second-order valence-corrected chi connectivity index (χ2v) is 6.36. The number of hydroxylamine groups is 1. The SMILES string of the molecule is C=Cc1cnc(Nc2c(C(=O)NOCC3CC3)cc(F)c(F)c2F)c(C)c1. The number of pyridine rings is 1. The van der Waals surface area contributed by atoms with E-state index in [0.29, 0.717) is 24.2 Å². The van der Waals surface area contributed by atoms with Crippen LogP contribution in [0.4, 0.5) is 24.7 Å². The number of hydrogen-bond donors (Lipinski definition) is 2. The van der Waals surface area contributed by atoms with Gasteiger partial charge in [0, 0.05) is 6.20 Å². The highest BCUT2D eigenvalue weighted by molar-refractivity contribution is 6.00. The summed E-state index contributed by atoms with van der Waals surface area (Å²) >= 11 is 0. The number of halogens is 3. The fraction of sp³-hybridized carbons (Fsp3) is 0.263. The summed E-state index contributed by atoms with van der Waals surface area (Å²) in [6.45, 7) is 5.63.